The lowest BCUT2D eigenvalue weighted by Crippen LogP contribution is -2.17. The van der Waals surface area contributed by atoms with Crippen molar-refractivity contribution in [1.29, 1.82) is 0 Å². The zero-order valence-corrected chi connectivity index (χ0v) is 15.3. The van der Waals surface area contributed by atoms with Crippen molar-refractivity contribution in [3.63, 3.8) is 0 Å². The Kier molecular flexibility index (Phi) is 6.92. The topological polar surface area (TPSA) is 26.3 Å². The van der Waals surface area contributed by atoms with Gasteiger partial charge in [-0.25, -0.2) is 9.18 Å². The normalized spacial score (nSPS) is 12.1. The van der Waals surface area contributed by atoms with Crippen molar-refractivity contribution in [3.8, 4) is 5.75 Å². The lowest BCUT2D eigenvalue weighted by molar-refractivity contribution is -0.147. The first-order chi connectivity index (χ1) is 13.4. The van der Waals surface area contributed by atoms with E-state index >= 15 is 0 Å². The van der Waals surface area contributed by atoms with Gasteiger partial charge in [0.2, 0.25) is 0 Å². The average Bonchev–Trinajstić information content (AvgIpc) is 2.62. The summed E-state index contributed by atoms with van der Waals surface area (Å²) in [7, 11) is 0. The highest BCUT2D eigenvalue weighted by molar-refractivity contribution is 5.91. The molecule has 0 amide bonds. The second kappa shape index (κ2) is 8.84. The van der Waals surface area contributed by atoms with Crippen LogP contribution in [0.1, 0.15) is 53.2 Å². The van der Waals surface area contributed by atoms with E-state index in [2.05, 4.69) is 4.74 Å². The quantitative estimate of drug-likeness (QED) is 0.221. The Morgan fingerprint density at radius 2 is 1.41 bits per heavy atom. The molecule has 0 saturated heterocycles. The number of unbranched alkanes of at least 4 members (excludes halogenated alkanes) is 2. The highest BCUT2D eigenvalue weighted by Gasteiger charge is 2.42. The molecule has 0 unspecified atom stereocenters. The Hall–Kier alpha value is -2.58. The number of hydrogen-bond donors (Lipinski definition) is 0. The molecule has 2 aromatic rings. The van der Waals surface area contributed by atoms with Crippen molar-refractivity contribution in [2.24, 2.45) is 0 Å². The maximum absolute atomic E-state index is 13.7. The third kappa shape index (κ3) is 5.95. The SMILES string of the molecule is CCCCCc1ccc(C(=O)Oc2cc(C(F)(F)F)c(F)c(C(F)(F)F)c2)cc1. The van der Waals surface area contributed by atoms with Crippen LogP contribution in [-0.2, 0) is 18.8 Å². The Morgan fingerprint density at radius 1 is 0.897 bits per heavy atom. The van der Waals surface area contributed by atoms with Crippen LogP contribution >= 0.6 is 0 Å². The van der Waals surface area contributed by atoms with Gasteiger partial charge in [-0.1, -0.05) is 31.9 Å². The van der Waals surface area contributed by atoms with Crippen LogP contribution in [-0.4, -0.2) is 5.97 Å². The second-order valence-electron chi connectivity index (χ2n) is 6.37. The molecule has 29 heavy (non-hydrogen) atoms. The molecule has 158 valence electrons. The van der Waals surface area contributed by atoms with Crippen LogP contribution in [0.2, 0.25) is 0 Å². The van der Waals surface area contributed by atoms with Crippen LogP contribution < -0.4 is 4.74 Å². The number of alkyl halides is 6. The fourth-order valence-electron chi connectivity index (χ4n) is 2.62. The van der Waals surface area contributed by atoms with Gasteiger partial charge in [0.15, 0.2) is 0 Å². The van der Waals surface area contributed by atoms with Gasteiger partial charge >= 0.3 is 18.3 Å². The van der Waals surface area contributed by atoms with Crippen LogP contribution in [0.3, 0.4) is 0 Å². The van der Waals surface area contributed by atoms with Gasteiger partial charge in [-0.2, -0.15) is 26.3 Å². The first-order valence-corrected chi connectivity index (χ1v) is 8.72. The Labute approximate surface area is 162 Å². The number of hydrogen-bond acceptors (Lipinski definition) is 2. The molecule has 0 radical (unpaired) electrons. The molecule has 2 rings (SSSR count). The molecule has 0 bridgehead atoms. The zero-order chi connectivity index (χ0) is 21.8. The third-order valence-electron chi connectivity index (χ3n) is 4.13. The number of ether oxygens (including phenoxy) is 1. The first-order valence-electron chi connectivity index (χ1n) is 8.72. The van der Waals surface area contributed by atoms with E-state index in [9.17, 15) is 35.5 Å². The number of carbonyl (C=O) groups excluding carboxylic acids is 1. The van der Waals surface area contributed by atoms with E-state index in [1.54, 1.807) is 12.1 Å². The van der Waals surface area contributed by atoms with Crippen molar-refractivity contribution in [2.45, 2.75) is 45.0 Å². The summed E-state index contributed by atoms with van der Waals surface area (Å²) in [6, 6.07) is 6.03. The van der Waals surface area contributed by atoms with Crippen LogP contribution in [0.5, 0.6) is 5.75 Å². The molecular formula is C20H17F7O2. The molecule has 0 aromatic heterocycles. The summed E-state index contributed by atoms with van der Waals surface area (Å²) in [6.45, 7) is 2.04. The molecule has 0 aliphatic rings. The average molecular weight is 422 g/mol. The molecular weight excluding hydrogens is 405 g/mol. The molecule has 0 atom stereocenters. The van der Waals surface area contributed by atoms with Gasteiger partial charge in [-0.3, -0.25) is 0 Å². The fourth-order valence-corrected chi connectivity index (χ4v) is 2.62. The van der Waals surface area contributed by atoms with Crippen molar-refractivity contribution < 1.29 is 40.3 Å². The minimum Gasteiger partial charge on any atom is -0.423 e. The highest BCUT2D eigenvalue weighted by Crippen LogP contribution is 2.41. The largest absolute Gasteiger partial charge is 0.423 e. The second-order valence-corrected chi connectivity index (χ2v) is 6.37. The number of esters is 1. The first kappa shape index (κ1) is 22.7. The van der Waals surface area contributed by atoms with Gasteiger partial charge in [-0.15, -0.1) is 0 Å². The van der Waals surface area contributed by atoms with Crippen molar-refractivity contribution >= 4 is 5.97 Å². The van der Waals surface area contributed by atoms with Gasteiger partial charge in [0.25, 0.3) is 0 Å². The van der Waals surface area contributed by atoms with E-state index in [0.717, 1.165) is 31.2 Å². The van der Waals surface area contributed by atoms with Crippen LogP contribution in [0.4, 0.5) is 30.7 Å². The number of rotatable bonds is 6. The van der Waals surface area contributed by atoms with E-state index < -0.39 is 41.0 Å². The van der Waals surface area contributed by atoms with Gasteiger partial charge in [0, 0.05) is 0 Å². The maximum Gasteiger partial charge on any atom is 0.419 e. The molecule has 0 heterocycles. The molecule has 0 saturated carbocycles. The molecule has 0 aliphatic carbocycles. The van der Waals surface area contributed by atoms with Crippen LogP contribution in [0, 0.1) is 5.82 Å². The van der Waals surface area contributed by atoms with Gasteiger partial charge in [0.1, 0.15) is 11.6 Å². The fraction of sp³-hybridized carbons (Fsp3) is 0.350. The summed E-state index contributed by atoms with van der Waals surface area (Å²) in [6.07, 6.45) is -7.03. The molecule has 0 N–H and O–H groups in total. The predicted octanol–water partition coefficient (Wildman–Crippen LogP) is 6.82. The summed E-state index contributed by atoms with van der Waals surface area (Å²) < 4.78 is 95.6. The summed E-state index contributed by atoms with van der Waals surface area (Å²) in [5.74, 6) is -4.68. The lowest BCUT2D eigenvalue weighted by atomic mass is 10.1. The summed E-state index contributed by atoms with van der Waals surface area (Å²) in [5.41, 5.74) is -3.46. The Morgan fingerprint density at radius 3 is 1.86 bits per heavy atom. The summed E-state index contributed by atoms with van der Waals surface area (Å²) >= 11 is 0. The van der Waals surface area contributed by atoms with E-state index in [1.165, 1.54) is 12.1 Å². The summed E-state index contributed by atoms with van der Waals surface area (Å²) in [4.78, 5) is 12.1. The van der Waals surface area contributed by atoms with E-state index in [-0.39, 0.29) is 17.7 Å². The van der Waals surface area contributed by atoms with Crippen molar-refractivity contribution in [3.05, 3.63) is 64.5 Å². The van der Waals surface area contributed by atoms with Gasteiger partial charge in [-0.05, 0) is 42.7 Å². The molecule has 0 aliphatic heterocycles. The monoisotopic (exact) mass is 422 g/mol. The minimum atomic E-state index is -5.40. The van der Waals surface area contributed by atoms with E-state index in [0.29, 0.717) is 0 Å². The third-order valence-corrected chi connectivity index (χ3v) is 4.13. The number of benzene rings is 2. The number of carbonyl (C=O) groups is 1. The highest BCUT2D eigenvalue weighted by atomic mass is 19.4. The Balaban J connectivity index is 2.27. The smallest absolute Gasteiger partial charge is 0.419 e. The van der Waals surface area contributed by atoms with Crippen molar-refractivity contribution in [1.82, 2.24) is 0 Å². The van der Waals surface area contributed by atoms with Crippen LogP contribution in [0.25, 0.3) is 0 Å². The van der Waals surface area contributed by atoms with Gasteiger partial charge in [0.05, 0.1) is 16.7 Å². The standard InChI is InChI=1S/C20H17F7O2/c1-2-3-4-5-12-6-8-13(9-7-12)18(28)29-14-10-15(19(22,23)24)17(21)16(11-14)20(25,26)27/h6-11H,2-5H2,1H3. The summed E-state index contributed by atoms with van der Waals surface area (Å²) in [5, 5.41) is 0. The lowest BCUT2D eigenvalue weighted by Gasteiger charge is -2.16. The minimum absolute atomic E-state index is 0.0294. The Bertz CT molecular complexity index is 818. The van der Waals surface area contributed by atoms with Crippen molar-refractivity contribution in [2.75, 3.05) is 0 Å². The zero-order valence-electron chi connectivity index (χ0n) is 15.3. The molecule has 2 aromatic carbocycles. The molecule has 0 fully saturated rings. The number of aryl methyl sites for hydroxylation is 1. The molecule has 9 heteroatoms. The molecule has 2 nitrogen and oxygen atoms in total. The maximum atomic E-state index is 13.7. The number of halogens is 7. The van der Waals surface area contributed by atoms with Gasteiger partial charge < -0.3 is 4.74 Å². The van der Waals surface area contributed by atoms with E-state index in [1.807, 2.05) is 6.92 Å². The van der Waals surface area contributed by atoms with Crippen LogP contribution in [0.15, 0.2) is 36.4 Å². The predicted molar refractivity (Wildman–Crippen MR) is 91.0 cm³/mol. The molecule has 0 spiro atoms. The van der Waals surface area contributed by atoms with E-state index in [4.69, 9.17) is 0 Å².